The molecule has 0 saturated carbocycles. The molecule has 1 aromatic carbocycles. The second kappa shape index (κ2) is 6.61. The fourth-order valence-corrected chi connectivity index (χ4v) is 4.51. The molecule has 0 bridgehead atoms. The number of fused-ring (bicyclic) bond motifs is 2. The molecule has 0 fully saturated rings. The van der Waals surface area contributed by atoms with Gasteiger partial charge in [0.1, 0.15) is 9.71 Å². The van der Waals surface area contributed by atoms with Crippen molar-refractivity contribution in [1.82, 2.24) is 10.3 Å². The molecule has 0 spiro atoms. The quantitative estimate of drug-likeness (QED) is 0.743. The number of aryl methyl sites for hydroxylation is 2. The number of ether oxygens (including phenoxy) is 1. The van der Waals surface area contributed by atoms with Gasteiger partial charge in [-0.1, -0.05) is 23.8 Å². The van der Waals surface area contributed by atoms with Crippen LogP contribution < -0.4 is 15.8 Å². The Balaban J connectivity index is 1.54. The molecule has 0 saturated heterocycles. The number of aromatic nitrogens is 1. The van der Waals surface area contributed by atoms with Crippen molar-refractivity contribution in [3.8, 4) is 5.88 Å². The minimum Gasteiger partial charge on any atom is -0.481 e. The number of anilines is 1. The zero-order chi connectivity index (χ0) is 18.3. The highest BCUT2D eigenvalue weighted by Gasteiger charge is 2.23. The molecular formula is C20H21N3O2S. The van der Waals surface area contributed by atoms with Gasteiger partial charge in [-0.25, -0.2) is 4.98 Å². The monoisotopic (exact) mass is 367 g/mol. The molecule has 0 unspecified atom stereocenters. The van der Waals surface area contributed by atoms with Crippen LogP contribution in [0.5, 0.6) is 5.88 Å². The van der Waals surface area contributed by atoms with Crippen LogP contribution in [0, 0.1) is 6.92 Å². The van der Waals surface area contributed by atoms with E-state index in [0.717, 1.165) is 29.5 Å². The van der Waals surface area contributed by atoms with Gasteiger partial charge in [0, 0.05) is 17.5 Å². The van der Waals surface area contributed by atoms with Crippen molar-refractivity contribution in [2.24, 2.45) is 0 Å². The van der Waals surface area contributed by atoms with Gasteiger partial charge in [-0.15, -0.1) is 11.3 Å². The van der Waals surface area contributed by atoms with E-state index in [-0.39, 0.29) is 11.9 Å². The third-order valence-corrected chi connectivity index (χ3v) is 6.02. The average molecular weight is 367 g/mol. The number of nitrogen functional groups attached to an aromatic ring is 1. The molecule has 4 rings (SSSR count). The van der Waals surface area contributed by atoms with Crippen LogP contribution >= 0.6 is 11.3 Å². The molecule has 1 atom stereocenters. The van der Waals surface area contributed by atoms with Crippen molar-refractivity contribution in [2.45, 2.75) is 32.2 Å². The van der Waals surface area contributed by atoms with Gasteiger partial charge < -0.3 is 15.8 Å². The number of amides is 1. The summed E-state index contributed by atoms with van der Waals surface area (Å²) in [6.07, 6.45) is 2.79. The van der Waals surface area contributed by atoms with E-state index in [1.165, 1.54) is 28.0 Å². The number of carbonyl (C=O) groups is 1. The number of hydrogen-bond acceptors (Lipinski definition) is 5. The SMILES string of the molecule is COc1ccc2c(N)c(C(=O)N[C@H]3CCc4cc(C)ccc4C3)sc2n1. The number of benzene rings is 1. The lowest BCUT2D eigenvalue weighted by molar-refractivity contribution is 0.0938. The van der Waals surface area contributed by atoms with Gasteiger partial charge in [0.25, 0.3) is 5.91 Å². The summed E-state index contributed by atoms with van der Waals surface area (Å²) in [7, 11) is 1.57. The first-order valence-electron chi connectivity index (χ1n) is 8.67. The highest BCUT2D eigenvalue weighted by atomic mass is 32.1. The van der Waals surface area contributed by atoms with Crippen LogP contribution in [0.25, 0.3) is 10.2 Å². The van der Waals surface area contributed by atoms with Crippen LogP contribution in [0.3, 0.4) is 0 Å². The Morgan fingerprint density at radius 3 is 2.96 bits per heavy atom. The highest BCUT2D eigenvalue weighted by molar-refractivity contribution is 7.21. The summed E-state index contributed by atoms with van der Waals surface area (Å²) in [6, 6.07) is 10.3. The smallest absolute Gasteiger partial charge is 0.263 e. The number of methoxy groups -OCH3 is 1. The zero-order valence-electron chi connectivity index (χ0n) is 14.8. The average Bonchev–Trinajstić information content (AvgIpc) is 2.98. The van der Waals surface area contributed by atoms with Crippen molar-refractivity contribution in [2.75, 3.05) is 12.8 Å². The summed E-state index contributed by atoms with van der Waals surface area (Å²) in [5, 5.41) is 3.95. The van der Waals surface area contributed by atoms with E-state index in [0.29, 0.717) is 16.4 Å². The first-order chi connectivity index (χ1) is 12.5. The summed E-state index contributed by atoms with van der Waals surface area (Å²) in [5.74, 6) is 0.398. The predicted molar refractivity (Wildman–Crippen MR) is 105 cm³/mol. The summed E-state index contributed by atoms with van der Waals surface area (Å²) in [6.45, 7) is 2.11. The Morgan fingerprint density at radius 2 is 2.15 bits per heavy atom. The second-order valence-corrected chi connectivity index (χ2v) is 7.74. The van der Waals surface area contributed by atoms with Crippen molar-refractivity contribution in [3.63, 3.8) is 0 Å². The first-order valence-corrected chi connectivity index (χ1v) is 9.49. The number of thiophene rings is 1. The Morgan fingerprint density at radius 1 is 1.31 bits per heavy atom. The van der Waals surface area contributed by atoms with Crippen molar-refractivity contribution >= 4 is 33.1 Å². The van der Waals surface area contributed by atoms with Gasteiger partial charge in [-0.2, -0.15) is 0 Å². The van der Waals surface area contributed by atoms with Gasteiger partial charge in [-0.05, 0) is 43.4 Å². The third-order valence-electron chi connectivity index (χ3n) is 4.91. The molecule has 6 heteroatoms. The highest BCUT2D eigenvalue weighted by Crippen LogP contribution is 2.34. The molecule has 5 nitrogen and oxygen atoms in total. The van der Waals surface area contributed by atoms with E-state index in [2.05, 4.69) is 35.4 Å². The Hall–Kier alpha value is -2.60. The van der Waals surface area contributed by atoms with E-state index in [4.69, 9.17) is 10.5 Å². The maximum Gasteiger partial charge on any atom is 0.263 e. The lowest BCUT2D eigenvalue weighted by Crippen LogP contribution is -2.38. The molecule has 0 radical (unpaired) electrons. The number of pyridine rings is 1. The van der Waals surface area contributed by atoms with Crippen LogP contribution in [-0.4, -0.2) is 24.0 Å². The van der Waals surface area contributed by atoms with Gasteiger partial charge in [0.2, 0.25) is 5.88 Å². The van der Waals surface area contributed by atoms with Crippen LogP contribution in [0.15, 0.2) is 30.3 Å². The number of nitrogens with zero attached hydrogens (tertiary/aromatic N) is 1. The second-order valence-electron chi connectivity index (χ2n) is 6.74. The molecule has 1 amide bonds. The maximum atomic E-state index is 12.8. The standard InChI is InChI=1S/C20H21N3O2S/c1-11-3-4-13-10-14(6-5-12(13)9-11)22-19(24)18-17(21)15-7-8-16(25-2)23-20(15)26-18/h3-4,7-9,14H,5-6,10,21H2,1-2H3,(H,22,24)/t14-/m0/s1. The van der Waals surface area contributed by atoms with Crippen LogP contribution in [0.1, 0.15) is 32.8 Å². The van der Waals surface area contributed by atoms with E-state index >= 15 is 0 Å². The lowest BCUT2D eigenvalue weighted by Gasteiger charge is -2.25. The van der Waals surface area contributed by atoms with Crippen LogP contribution in [0.4, 0.5) is 5.69 Å². The number of carbonyl (C=O) groups excluding carboxylic acids is 1. The van der Waals surface area contributed by atoms with E-state index < -0.39 is 0 Å². The van der Waals surface area contributed by atoms with Crippen molar-refractivity contribution in [3.05, 3.63) is 51.9 Å². The van der Waals surface area contributed by atoms with E-state index in [9.17, 15) is 4.79 Å². The Kier molecular flexibility index (Phi) is 4.28. The van der Waals surface area contributed by atoms with E-state index in [1.54, 1.807) is 13.2 Å². The molecule has 0 aliphatic heterocycles. The topological polar surface area (TPSA) is 77.2 Å². The van der Waals surface area contributed by atoms with Crippen molar-refractivity contribution < 1.29 is 9.53 Å². The fraction of sp³-hybridized carbons (Fsp3) is 0.300. The number of rotatable bonds is 3. The number of hydrogen-bond donors (Lipinski definition) is 2. The first kappa shape index (κ1) is 16.8. The lowest BCUT2D eigenvalue weighted by atomic mass is 9.87. The largest absolute Gasteiger partial charge is 0.481 e. The molecule has 134 valence electrons. The van der Waals surface area contributed by atoms with Gasteiger partial charge in [0.15, 0.2) is 0 Å². The predicted octanol–water partition coefficient (Wildman–Crippen LogP) is 3.48. The van der Waals surface area contributed by atoms with Crippen LogP contribution in [0.2, 0.25) is 0 Å². The maximum absolute atomic E-state index is 12.8. The summed E-state index contributed by atoms with van der Waals surface area (Å²) in [4.78, 5) is 18.4. The molecule has 3 N–H and O–H groups in total. The number of nitrogens with one attached hydrogen (secondary N) is 1. The molecule has 1 aliphatic rings. The molecule has 1 aliphatic carbocycles. The normalized spacial score (nSPS) is 16.3. The molecule has 2 heterocycles. The number of nitrogens with two attached hydrogens (primary N) is 1. The minimum atomic E-state index is -0.120. The minimum absolute atomic E-state index is 0.120. The third kappa shape index (κ3) is 3.01. The fourth-order valence-electron chi connectivity index (χ4n) is 3.52. The van der Waals surface area contributed by atoms with E-state index in [1.807, 2.05) is 6.07 Å². The van der Waals surface area contributed by atoms with Crippen LogP contribution in [-0.2, 0) is 12.8 Å². The molecular weight excluding hydrogens is 346 g/mol. The Labute approximate surface area is 156 Å². The molecule has 3 aromatic rings. The van der Waals surface area contributed by atoms with Gasteiger partial charge in [-0.3, -0.25) is 4.79 Å². The molecule has 26 heavy (non-hydrogen) atoms. The Bertz CT molecular complexity index is 996. The zero-order valence-corrected chi connectivity index (χ0v) is 15.7. The summed E-state index contributed by atoms with van der Waals surface area (Å²) >= 11 is 1.31. The van der Waals surface area contributed by atoms with Gasteiger partial charge in [0.05, 0.1) is 12.8 Å². The molecule has 2 aromatic heterocycles. The summed E-state index contributed by atoms with van der Waals surface area (Å²) < 4.78 is 5.15. The van der Waals surface area contributed by atoms with Gasteiger partial charge >= 0.3 is 0 Å². The summed E-state index contributed by atoms with van der Waals surface area (Å²) in [5.41, 5.74) is 10.7. The van der Waals surface area contributed by atoms with Crippen molar-refractivity contribution in [1.29, 1.82) is 0 Å².